The predicted octanol–water partition coefficient (Wildman–Crippen LogP) is 2.01. The monoisotopic (exact) mass is 234 g/mol. The molecule has 0 spiro atoms. The molecule has 1 saturated heterocycles. The summed E-state index contributed by atoms with van der Waals surface area (Å²) in [7, 11) is 1.79. The molecule has 2 N–H and O–H groups in total. The van der Waals surface area contributed by atoms with Crippen LogP contribution in [0.4, 0.5) is 5.69 Å². The number of hydrogen-bond donors (Lipinski definition) is 1. The van der Waals surface area contributed by atoms with Gasteiger partial charge in [0.25, 0.3) is 0 Å². The van der Waals surface area contributed by atoms with Crippen molar-refractivity contribution in [2.24, 2.45) is 11.7 Å². The van der Waals surface area contributed by atoms with Crippen molar-refractivity contribution in [3.05, 3.63) is 29.8 Å². The highest BCUT2D eigenvalue weighted by Crippen LogP contribution is 2.24. The van der Waals surface area contributed by atoms with E-state index < -0.39 is 0 Å². The fourth-order valence-corrected chi connectivity index (χ4v) is 2.55. The minimum atomic E-state index is 0.614. The average Bonchev–Trinajstić information content (AvgIpc) is 2.40. The summed E-state index contributed by atoms with van der Waals surface area (Å²) in [5.74, 6) is 0.662. The third-order valence-electron chi connectivity index (χ3n) is 3.43. The van der Waals surface area contributed by atoms with Crippen LogP contribution in [-0.4, -0.2) is 26.8 Å². The Balaban J connectivity index is 2.05. The molecule has 0 amide bonds. The molecular formula is C14H22N2O. The molecule has 1 atom stereocenters. The van der Waals surface area contributed by atoms with Crippen LogP contribution in [0, 0.1) is 5.92 Å². The van der Waals surface area contributed by atoms with Crippen LogP contribution in [0.5, 0.6) is 0 Å². The van der Waals surface area contributed by atoms with E-state index in [1.807, 2.05) is 0 Å². The summed E-state index contributed by atoms with van der Waals surface area (Å²) >= 11 is 0. The maximum absolute atomic E-state index is 5.68. The fourth-order valence-electron chi connectivity index (χ4n) is 2.55. The molecule has 1 aromatic rings. The third-order valence-corrected chi connectivity index (χ3v) is 3.43. The van der Waals surface area contributed by atoms with Gasteiger partial charge in [-0.1, -0.05) is 12.1 Å². The minimum absolute atomic E-state index is 0.614. The molecule has 1 fully saturated rings. The van der Waals surface area contributed by atoms with Crippen LogP contribution in [-0.2, 0) is 11.3 Å². The first-order chi connectivity index (χ1) is 8.33. The standard InChI is InChI=1S/C14H22N2O/c1-17-11-13-5-3-7-16(10-13)14-6-2-4-12(8-14)9-15/h2,4,6,8,13H,3,5,7,9-11,15H2,1H3. The molecule has 0 bridgehead atoms. The van der Waals surface area contributed by atoms with Gasteiger partial charge in [0.1, 0.15) is 0 Å². The second kappa shape index (κ2) is 6.03. The van der Waals surface area contributed by atoms with Gasteiger partial charge < -0.3 is 15.4 Å². The van der Waals surface area contributed by atoms with E-state index in [1.165, 1.54) is 24.1 Å². The first-order valence-corrected chi connectivity index (χ1v) is 6.36. The summed E-state index contributed by atoms with van der Waals surface area (Å²) in [5, 5.41) is 0. The highest BCUT2D eigenvalue weighted by Gasteiger charge is 2.19. The number of nitrogens with two attached hydrogens (primary N) is 1. The third kappa shape index (κ3) is 3.20. The molecule has 0 aliphatic carbocycles. The van der Waals surface area contributed by atoms with Crippen molar-refractivity contribution in [2.45, 2.75) is 19.4 Å². The Hall–Kier alpha value is -1.06. The minimum Gasteiger partial charge on any atom is -0.384 e. The molecule has 1 unspecified atom stereocenters. The van der Waals surface area contributed by atoms with Gasteiger partial charge >= 0.3 is 0 Å². The van der Waals surface area contributed by atoms with Crippen molar-refractivity contribution in [3.8, 4) is 0 Å². The highest BCUT2D eigenvalue weighted by atomic mass is 16.5. The molecule has 3 nitrogen and oxygen atoms in total. The second-order valence-corrected chi connectivity index (χ2v) is 4.78. The first-order valence-electron chi connectivity index (χ1n) is 6.36. The van der Waals surface area contributed by atoms with Crippen LogP contribution in [0.3, 0.4) is 0 Å². The molecule has 1 heterocycles. The molecule has 1 aliphatic heterocycles. The molecule has 1 aromatic carbocycles. The van der Waals surface area contributed by atoms with Crippen molar-refractivity contribution < 1.29 is 4.74 Å². The lowest BCUT2D eigenvalue weighted by molar-refractivity contribution is 0.143. The number of nitrogens with zero attached hydrogens (tertiary/aromatic N) is 1. The lowest BCUT2D eigenvalue weighted by Crippen LogP contribution is -2.37. The zero-order valence-electron chi connectivity index (χ0n) is 10.6. The largest absolute Gasteiger partial charge is 0.384 e. The van der Waals surface area contributed by atoms with E-state index in [2.05, 4.69) is 29.2 Å². The maximum atomic E-state index is 5.68. The van der Waals surface area contributed by atoms with E-state index in [0.29, 0.717) is 12.5 Å². The van der Waals surface area contributed by atoms with Crippen molar-refractivity contribution in [1.82, 2.24) is 0 Å². The molecule has 0 aromatic heterocycles. The molecular weight excluding hydrogens is 212 g/mol. The second-order valence-electron chi connectivity index (χ2n) is 4.78. The topological polar surface area (TPSA) is 38.5 Å². The SMILES string of the molecule is COCC1CCCN(c2cccc(CN)c2)C1. The van der Waals surface area contributed by atoms with E-state index in [1.54, 1.807) is 7.11 Å². The summed E-state index contributed by atoms with van der Waals surface area (Å²) in [6, 6.07) is 8.56. The number of anilines is 1. The van der Waals surface area contributed by atoms with Gasteiger partial charge in [0, 0.05) is 32.4 Å². The summed E-state index contributed by atoms with van der Waals surface area (Å²) in [4.78, 5) is 2.45. The Morgan fingerprint density at radius 2 is 2.35 bits per heavy atom. The van der Waals surface area contributed by atoms with Gasteiger partial charge in [-0.15, -0.1) is 0 Å². The van der Waals surface area contributed by atoms with Crippen LogP contribution in [0.25, 0.3) is 0 Å². The van der Waals surface area contributed by atoms with Crippen molar-refractivity contribution in [3.63, 3.8) is 0 Å². The van der Waals surface area contributed by atoms with Crippen LogP contribution < -0.4 is 10.6 Å². The lowest BCUT2D eigenvalue weighted by atomic mass is 9.98. The number of benzene rings is 1. The van der Waals surface area contributed by atoms with Crippen molar-refractivity contribution in [1.29, 1.82) is 0 Å². The lowest BCUT2D eigenvalue weighted by Gasteiger charge is -2.34. The summed E-state index contributed by atoms with van der Waals surface area (Å²) in [6.45, 7) is 3.73. The van der Waals surface area contributed by atoms with Crippen LogP contribution >= 0.6 is 0 Å². The van der Waals surface area contributed by atoms with Gasteiger partial charge in [-0.05, 0) is 36.5 Å². The number of methoxy groups -OCH3 is 1. The highest BCUT2D eigenvalue weighted by molar-refractivity contribution is 5.49. The number of rotatable bonds is 4. The van der Waals surface area contributed by atoms with Gasteiger partial charge in [0.15, 0.2) is 0 Å². The smallest absolute Gasteiger partial charge is 0.0507 e. The Morgan fingerprint density at radius 3 is 3.12 bits per heavy atom. The van der Waals surface area contributed by atoms with Gasteiger partial charge in [-0.25, -0.2) is 0 Å². The summed E-state index contributed by atoms with van der Waals surface area (Å²) in [6.07, 6.45) is 2.53. The van der Waals surface area contributed by atoms with E-state index in [0.717, 1.165) is 19.7 Å². The summed E-state index contributed by atoms with van der Waals surface area (Å²) in [5.41, 5.74) is 8.19. The summed E-state index contributed by atoms with van der Waals surface area (Å²) < 4.78 is 5.26. The van der Waals surface area contributed by atoms with E-state index >= 15 is 0 Å². The molecule has 1 aliphatic rings. The quantitative estimate of drug-likeness (QED) is 0.866. The van der Waals surface area contributed by atoms with E-state index in [-0.39, 0.29) is 0 Å². The first kappa shape index (κ1) is 12.4. The van der Waals surface area contributed by atoms with Crippen LogP contribution in [0.15, 0.2) is 24.3 Å². The molecule has 0 saturated carbocycles. The fraction of sp³-hybridized carbons (Fsp3) is 0.571. The van der Waals surface area contributed by atoms with Crippen LogP contribution in [0.1, 0.15) is 18.4 Å². The number of piperidine rings is 1. The predicted molar refractivity (Wildman–Crippen MR) is 71.1 cm³/mol. The Morgan fingerprint density at radius 1 is 1.47 bits per heavy atom. The normalized spacial score (nSPS) is 20.6. The van der Waals surface area contributed by atoms with E-state index in [4.69, 9.17) is 10.5 Å². The van der Waals surface area contributed by atoms with Crippen molar-refractivity contribution >= 4 is 5.69 Å². The molecule has 2 rings (SSSR count). The Kier molecular flexibility index (Phi) is 4.40. The zero-order valence-corrected chi connectivity index (χ0v) is 10.6. The number of ether oxygens (including phenoxy) is 1. The Labute approximate surface area is 104 Å². The number of hydrogen-bond acceptors (Lipinski definition) is 3. The van der Waals surface area contributed by atoms with E-state index in [9.17, 15) is 0 Å². The molecule has 0 radical (unpaired) electrons. The van der Waals surface area contributed by atoms with Crippen LogP contribution in [0.2, 0.25) is 0 Å². The van der Waals surface area contributed by atoms with Gasteiger partial charge in [-0.3, -0.25) is 0 Å². The van der Waals surface area contributed by atoms with Gasteiger partial charge in [0.2, 0.25) is 0 Å². The van der Waals surface area contributed by atoms with Gasteiger partial charge in [-0.2, -0.15) is 0 Å². The molecule has 17 heavy (non-hydrogen) atoms. The Bertz CT molecular complexity index is 352. The zero-order chi connectivity index (χ0) is 12.1. The maximum Gasteiger partial charge on any atom is 0.0507 e. The van der Waals surface area contributed by atoms with Gasteiger partial charge in [0.05, 0.1) is 6.61 Å². The average molecular weight is 234 g/mol. The molecule has 3 heteroatoms. The molecule has 94 valence electrons. The van der Waals surface area contributed by atoms with Crippen molar-refractivity contribution in [2.75, 3.05) is 31.7 Å².